The summed E-state index contributed by atoms with van der Waals surface area (Å²) in [5.41, 5.74) is 3.11. The SMILES string of the molecule is CNS(=O)(=O)c1cc(-c2sc(Nc3cccc(N4CCN(C(=O)OCc5ccccc5)[C@H](C)C4=O)n3)nc2C)cc2c1C(=O)N([C@@H](C)C1CC1)C2. The summed E-state index contributed by atoms with van der Waals surface area (Å²) < 4.78 is 34.3. The van der Waals surface area contributed by atoms with E-state index < -0.39 is 22.2 Å². The number of hydrogen-bond donors (Lipinski definition) is 2. The lowest BCUT2D eigenvalue weighted by Crippen LogP contribution is -2.58. The van der Waals surface area contributed by atoms with E-state index in [0.717, 1.165) is 23.3 Å². The molecule has 4 heterocycles. The van der Waals surface area contributed by atoms with Crippen LogP contribution in [0.3, 0.4) is 0 Å². The van der Waals surface area contributed by atoms with E-state index in [1.165, 1.54) is 23.3 Å². The lowest BCUT2D eigenvalue weighted by Gasteiger charge is -2.37. The van der Waals surface area contributed by atoms with Crippen LogP contribution in [-0.2, 0) is 32.7 Å². The number of carbonyl (C=O) groups excluding carboxylic acids is 3. The second-order valence-corrected chi connectivity index (χ2v) is 15.9. The number of sulfonamides is 1. The highest BCUT2D eigenvalue weighted by Gasteiger charge is 2.41. The van der Waals surface area contributed by atoms with Crippen LogP contribution >= 0.6 is 11.3 Å². The fraction of sp³-hybridized carbons (Fsp3) is 0.361. The second-order valence-electron chi connectivity index (χ2n) is 13.1. The Morgan fingerprint density at radius 3 is 2.55 bits per heavy atom. The van der Waals surface area contributed by atoms with Gasteiger partial charge in [-0.15, -0.1) is 0 Å². The average molecular weight is 730 g/mol. The Hall–Kier alpha value is -4.86. The monoisotopic (exact) mass is 729 g/mol. The summed E-state index contributed by atoms with van der Waals surface area (Å²) in [6.45, 7) is 6.55. The number of pyridine rings is 1. The third-order valence-electron chi connectivity index (χ3n) is 9.75. The number of piperazine rings is 1. The zero-order valence-electron chi connectivity index (χ0n) is 28.8. The molecule has 51 heavy (non-hydrogen) atoms. The van der Waals surface area contributed by atoms with Gasteiger partial charge in [-0.05, 0) is 87.5 Å². The molecule has 4 aromatic rings. The summed E-state index contributed by atoms with van der Waals surface area (Å²) in [6, 6.07) is 17.4. The smallest absolute Gasteiger partial charge is 0.410 e. The molecule has 2 aliphatic heterocycles. The van der Waals surface area contributed by atoms with Crippen LogP contribution in [0.1, 0.15) is 53.9 Å². The summed E-state index contributed by atoms with van der Waals surface area (Å²) in [5, 5.41) is 3.76. The van der Waals surface area contributed by atoms with E-state index >= 15 is 0 Å². The van der Waals surface area contributed by atoms with Crippen molar-refractivity contribution in [2.45, 2.75) is 63.7 Å². The molecule has 2 N–H and O–H groups in total. The lowest BCUT2D eigenvalue weighted by molar-refractivity contribution is -0.124. The number of benzene rings is 2. The predicted molar refractivity (Wildman–Crippen MR) is 193 cm³/mol. The molecule has 1 aliphatic carbocycles. The van der Waals surface area contributed by atoms with Crippen molar-refractivity contribution in [3.63, 3.8) is 0 Å². The van der Waals surface area contributed by atoms with Gasteiger partial charge in [0.25, 0.3) is 11.8 Å². The molecule has 0 bridgehead atoms. The molecule has 0 spiro atoms. The molecule has 1 saturated carbocycles. The van der Waals surface area contributed by atoms with Crippen LogP contribution in [0.4, 0.5) is 21.6 Å². The van der Waals surface area contributed by atoms with Gasteiger partial charge in [0.2, 0.25) is 10.0 Å². The maximum absolute atomic E-state index is 13.5. The van der Waals surface area contributed by atoms with Gasteiger partial charge in [0.05, 0.1) is 21.0 Å². The van der Waals surface area contributed by atoms with Crippen molar-refractivity contribution in [2.75, 3.05) is 30.4 Å². The van der Waals surface area contributed by atoms with E-state index in [-0.39, 0.29) is 48.0 Å². The number of aromatic nitrogens is 2. The summed E-state index contributed by atoms with van der Waals surface area (Å²) >= 11 is 1.34. The van der Waals surface area contributed by atoms with Gasteiger partial charge >= 0.3 is 6.09 Å². The van der Waals surface area contributed by atoms with E-state index in [0.29, 0.717) is 46.1 Å². The number of carbonyl (C=O) groups is 3. The molecule has 2 fully saturated rings. The number of aryl methyl sites for hydroxylation is 1. The molecule has 2 aromatic heterocycles. The Balaban J connectivity index is 1.08. The predicted octanol–water partition coefficient (Wildman–Crippen LogP) is 5.29. The van der Waals surface area contributed by atoms with Gasteiger partial charge in [-0.1, -0.05) is 47.7 Å². The molecule has 1 saturated heterocycles. The number of fused-ring (bicyclic) bond motifs is 1. The van der Waals surface area contributed by atoms with Gasteiger partial charge in [-0.2, -0.15) is 0 Å². The molecule has 13 nitrogen and oxygen atoms in total. The van der Waals surface area contributed by atoms with Gasteiger partial charge in [0.15, 0.2) is 5.13 Å². The summed E-state index contributed by atoms with van der Waals surface area (Å²) in [6.07, 6.45) is 1.59. The van der Waals surface area contributed by atoms with Crippen LogP contribution < -0.4 is 14.9 Å². The number of hydrogen-bond acceptors (Lipinski definition) is 10. The van der Waals surface area contributed by atoms with Gasteiger partial charge in [-0.3, -0.25) is 19.4 Å². The molecule has 7 rings (SSSR count). The van der Waals surface area contributed by atoms with Crippen molar-refractivity contribution in [3.05, 3.63) is 83.0 Å². The molecule has 2 atom stereocenters. The normalized spacial score (nSPS) is 18.2. The number of thiazole rings is 1. The first kappa shape index (κ1) is 34.6. The first-order chi connectivity index (χ1) is 24.4. The minimum Gasteiger partial charge on any atom is -0.445 e. The molecule has 2 aromatic carbocycles. The first-order valence-electron chi connectivity index (χ1n) is 16.9. The van der Waals surface area contributed by atoms with E-state index in [1.54, 1.807) is 41.0 Å². The average Bonchev–Trinajstić information content (AvgIpc) is 3.84. The molecule has 3 aliphatic rings. The van der Waals surface area contributed by atoms with E-state index in [4.69, 9.17) is 9.72 Å². The fourth-order valence-corrected chi connectivity index (χ4v) is 8.62. The number of rotatable bonds is 10. The van der Waals surface area contributed by atoms with E-state index in [2.05, 4.69) is 15.0 Å². The minimum atomic E-state index is -3.94. The molecule has 15 heteroatoms. The molecule has 3 amide bonds. The van der Waals surface area contributed by atoms with Crippen LogP contribution in [0.2, 0.25) is 0 Å². The number of ether oxygens (including phenoxy) is 1. The maximum Gasteiger partial charge on any atom is 0.410 e. The lowest BCUT2D eigenvalue weighted by atomic mass is 10.0. The number of anilines is 3. The van der Waals surface area contributed by atoms with Crippen molar-refractivity contribution in [3.8, 4) is 10.4 Å². The van der Waals surface area contributed by atoms with Gasteiger partial charge in [-0.25, -0.2) is 27.9 Å². The first-order valence-corrected chi connectivity index (χ1v) is 19.2. The van der Waals surface area contributed by atoms with Crippen molar-refractivity contribution in [1.82, 2.24) is 24.5 Å². The standard InChI is InChI=1S/C36H39N7O6S2/c1-21-32(26-17-27-19-43(22(2)25-13-14-25)34(45)31(27)28(18-26)51(47,48)37-4)50-35(38-21)40-29-11-8-12-30(39-29)42-16-15-41(23(3)33(42)44)36(46)49-20-24-9-6-5-7-10-24/h5-12,17-18,22-23,25,37H,13-16,19-20H2,1-4H3,(H,38,39,40)/t22-,23+/m0/s1. The Labute approximate surface area is 300 Å². The number of nitrogens with one attached hydrogen (secondary N) is 2. The fourth-order valence-electron chi connectivity index (χ4n) is 6.67. The van der Waals surface area contributed by atoms with Crippen molar-refractivity contribution in [2.24, 2.45) is 5.92 Å². The third-order valence-corrected chi connectivity index (χ3v) is 12.3. The Bertz CT molecular complexity index is 2120. The van der Waals surface area contributed by atoms with Gasteiger partial charge < -0.3 is 15.0 Å². The molecule has 0 radical (unpaired) electrons. The number of amides is 3. The van der Waals surface area contributed by atoms with Crippen molar-refractivity contribution in [1.29, 1.82) is 0 Å². The van der Waals surface area contributed by atoms with Crippen LogP contribution in [0.25, 0.3) is 10.4 Å². The molecule has 266 valence electrons. The van der Waals surface area contributed by atoms with Crippen LogP contribution in [-0.4, -0.2) is 78.3 Å². The maximum atomic E-state index is 13.5. The summed E-state index contributed by atoms with van der Waals surface area (Å²) in [7, 11) is -2.60. The zero-order valence-corrected chi connectivity index (χ0v) is 30.4. The Kier molecular flexibility index (Phi) is 9.29. The van der Waals surface area contributed by atoms with Crippen molar-refractivity contribution < 1.29 is 27.5 Å². The second kappa shape index (κ2) is 13.7. The van der Waals surface area contributed by atoms with Crippen molar-refractivity contribution >= 4 is 56.0 Å². The van der Waals surface area contributed by atoms with E-state index in [9.17, 15) is 22.8 Å². The molecule has 0 unspecified atom stereocenters. The highest BCUT2D eigenvalue weighted by molar-refractivity contribution is 7.89. The summed E-state index contributed by atoms with van der Waals surface area (Å²) in [4.78, 5) is 54.7. The highest BCUT2D eigenvalue weighted by Crippen LogP contribution is 2.42. The van der Waals surface area contributed by atoms with Crippen LogP contribution in [0, 0.1) is 12.8 Å². The van der Waals surface area contributed by atoms with Crippen LogP contribution in [0.15, 0.2) is 65.6 Å². The highest BCUT2D eigenvalue weighted by atomic mass is 32.2. The Morgan fingerprint density at radius 2 is 1.82 bits per heavy atom. The Morgan fingerprint density at radius 1 is 1.06 bits per heavy atom. The van der Waals surface area contributed by atoms with Crippen LogP contribution in [0.5, 0.6) is 0 Å². The topological polar surface area (TPSA) is 154 Å². The number of nitrogens with zero attached hydrogens (tertiary/aromatic N) is 5. The van der Waals surface area contributed by atoms with E-state index in [1.807, 2.05) is 50.2 Å². The zero-order chi connectivity index (χ0) is 36.0. The summed E-state index contributed by atoms with van der Waals surface area (Å²) in [5.74, 6) is 0.800. The minimum absolute atomic E-state index is 0.0338. The van der Waals surface area contributed by atoms with Gasteiger partial charge in [0.1, 0.15) is 24.3 Å². The van der Waals surface area contributed by atoms with Gasteiger partial charge in [0, 0.05) is 25.7 Å². The molecular formula is C36H39N7O6S2. The quantitative estimate of drug-likeness (QED) is 0.222. The largest absolute Gasteiger partial charge is 0.445 e. The third kappa shape index (κ3) is 6.80. The molecular weight excluding hydrogens is 691 g/mol.